The van der Waals surface area contributed by atoms with Gasteiger partial charge < -0.3 is 16.8 Å². The molecule has 0 aliphatic heterocycles. The number of carbonyl (C=O) groups excluding carboxylic acids is 1. The fraction of sp³-hybridized carbons (Fsp3) is 0.462. The van der Waals surface area contributed by atoms with E-state index in [4.69, 9.17) is 11.5 Å². The molecule has 1 amide bonds. The first-order chi connectivity index (χ1) is 10.4. The van der Waals surface area contributed by atoms with Gasteiger partial charge in [0.15, 0.2) is 0 Å². The summed E-state index contributed by atoms with van der Waals surface area (Å²) in [5.41, 5.74) is 6.95. The minimum absolute atomic E-state index is 0.0447. The lowest BCUT2D eigenvalue weighted by Gasteiger charge is -2.15. The molecule has 0 saturated carbocycles. The molecule has 1 aromatic rings. The summed E-state index contributed by atoms with van der Waals surface area (Å²) in [5.74, 6) is -1.07. The summed E-state index contributed by atoms with van der Waals surface area (Å²) in [7, 11) is 0. The molecule has 0 fully saturated rings. The van der Waals surface area contributed by atoms with Gasteiger partial charge in [0.05, 0.1) is 11.1 Å². The number of benzene rings is 1. The highest BCUT2D eigenvalue weighted by atomic mass is 19.4. The highest BCUT2D eigenvalue weighted by Gasteiger charge is 2.37. The van der Waals surface area contributed by atoms with E-state index in [1.54, 1.807) is 0 Å². The van der Waals surface area contributed by atoms with Crippen LogP contribution in [0.15, 0.2) is 18.2 Å². The Bertz CT molecular complexity index is 523. The number of halogens is 6. The third kappa shape index (κ3) is 5.71. The van der Waals surface area contributed by atoms with Crippen molar-refractivity contribution in [2.75, 3.05) is 13.1 Å². The van der Waals surface area contributed by atoms with Crippen LogP contribution in [0.1, 0.15) is 27.9 Å². The molecule has 0 bridgehead atoms. The molecule has 23 heavy (non-hydrogen) atoms. The normalized spacial score (nSPS) is 13.7. The van der Waals surface area contributed by atoms with Crippen molar-refractivity contribution in [1.29, 1.82) is 0 Å². The van der Waals surface area contributed by atoms with Gasteiger partial charge in [0.2, 0.25) is 0 Å². The molecule has 4 nitrogen and oxygen atoms in total. The van der Waals surface area contributed by atoms with Gasteiger partial charge in [0.25, 0.3) is 5.91 Å². The van der Waals surface area contributed by atoms with Crippen molar-refractivity contribution in [3.05, 3.63) is 34.9 Å². The van der Waals surface area contributed by atoms with Crippen LogP contribution in [0.5, 0.6) is 0 Å². The zero-order valence-corrected chi connectivity index (χ0v) is 11.8. The SMILES string of the molecule is NCCC(N)CNC(=O)c1cc(C(F)(F)F)cc(C(F)(F)F)c1. The first-order valence-corrected chi connectivity index (χ1v) is 6.48. The van der Waals surface area contributed by atoms with Gasteiger partial charge in [-0.15, -0.1) is 0 Å². The van der Waals surface area contributed by atoms with Crippen molar-refractivity contribution in [1.82, 2.24) is 5.32 Å². The lowest BCUT2D eigenvalue weighted by atomic mass is 10.0. The molecule has 5 N–H and O–H groups in total. The van der Waals surface area contributed by atoms with Crippen molar-refractivity contribution >= 4 is 5.91 Å². The first kappa shape index (κ1) is 19.2. The van der Waals surface area contributed by atoms with Crippen LogP contribution in [0, 0.1) is 0 Å². The van der Waals surface area contributed by atoms with Crippen LogP contribution < -0.4 is 16.8 Å². The Hall–Kier alpha value is -1.81. The Morgan fingerprint density at radius 3 is 1.91 bits per heavy atom. The Labute approximate surface area is 127 Å². The van der Waals surface area contributed by atoms with Gasteiger partial charge in [-0.1, -0.05) is 0 Å². The molecular weight excluding hydrogens is 328 g/mol. The second-order valence-electron chi connectivity index (χ2n) is 4.84. The van der Waals surface area contributed by atoms with E-state index < -0.39 is 41.0 Å². The number of hydrogen-bond acceptors (Lipinski definition) is 3. The standard InChI is InChI=1S/C13H15F6N3O/c14-12(15,16)8-3-7(4-9(5-8)13(17,18)19)11(23)22-6-10(21)1-2-20/h3-5,10H,1-2,6,20-21H2,(H,22,23). The number of alkyl halides is 6. The zero-order chi connectivity index (χ0) is 17.8. The Balaban J connectivity index is 3.07. The first-order valence-electron chi connectivity index (χ1n) is 6.48. The van der Waals surface area contributed by atoms with Crippen LogP contribution >= 0.6 is 0 Å². The summed E-state index contributed by atoms with van der Waals surface area (Å²) >= 11 is 0. The second kappa shape index (κ2) is 7.18. The van der Waals surface area contributed by atoms with Gasteiger partial charge >= 0.3 is 12.4 Å². The van der Waals surface area contributed by atoms with Crippen molar-refractivity contribution in [2.45, 2.75) is 24.8 Å². The molecule has 10 heteroatoms. The molecule has 0 heterocycles. The van der Waals surface area contributed by atoms with E-state index in [2.05, 4.69) is 5.32 Å². The zero-order valence-electron chi connectivity index (χ0n) is 11.8. The van der Waals surface area contributed by atoms with E-state index in [9.17, 15) is 31.1 Å². The maximum Gasteiger partial charge on any atom is 0.416 e. The van der Waals surface area contributed by atoms with Crippen molar-refractivity contribution < 1.29 is 31.1 Å². The average Bonchev–Trinajstić information content (AvgIpc) is 2.42. The molecule has 0 aromatic heterocycles. The highest BCUT2D eigenvalue weighted by molar-refractivity contribution is 5.94. The van der Waals surface area contributed by atoms with Crippen LogP contribution in [-0.2, 0) is 12.4 Å². The maximum atomic E-state index is 12.7. The molecule has 1 atom stereocenters. The van der Waals surface area contributed by atoms with Crippen LogP contribution in [-0.4, -0.2) is 25.0 Å². The summed E-state index contributed by atoms with van der Waals surface area (Å²) in [5, 5.41) is 2.19. The third-order valence-electron chi connectivity index (χ3n) is 2.91. The lowest BCUT2D eigenvalue weighted by molar-refractivity contribution is -0.143. The van der Waals surface area contributed by atoms with Crippen molar-refractivity contribution in [3.63, 3.8) is 0 Å². The molecule has 1 aromatic carbocycles. The number of hydrogen-bond donors (Lipinski definition) is 3. The maximum absolute atomic E-state index is 12.7. The third-order valence-corrected chi connectivity index (χ3v) is 2.91. The quantitative estimate of drug-likeness (QED) is 0.717. The highest BCUT2D eigenvalue weighted by Crippen LogP contribution is 2.36. The minimum atomic E-state index is -5.01. The number of amides is 1. The Morgan fingerprint density at radius 2 is 1.52 bits per heavy atom. The van der Waals surface area contributed by atoms with Gasteiger partial charge in [-0.3, -0.25) is 4.79 Å². The largest absolute Gasteiger partial charge is 0.416 e. The van der Waals surface area contributed by atoms with E-state index >= 15 is 0 Å². The van der Waals surface area contributed by atoms with Crippen LogP contribution in [0.3, 0.4) is 0 Å². The van der Waals surface area contributed by atoms with E-state index in [-0.39, 0.29) is 19.2 Å². The topological polar surface area (TPSA) is 81.1 Å². The minimum Gasteiger partial charge on any atom is -0.350 e. The van der Waals surface area contributed by atoms with Crippen molar-refractivity contribution in [3.8, 4) is 0 Å². The average molecular weight is 343 g/mol. The molecule has 0 spiro atoms. The van der Waals surface area contributed by atoms with Crippen LogP contribution in [0.2, 0.25) is 0 Å². The summed E-state index contributed by atoms with van der Waals surface area (Å²) in [6.45, 7) is 0.118. The molecule has 0 saturated heterocycles. The number of carbonyl (C=O) groups is 1. The molecule has 1 unspecified atom stereocenters. The molecular formula is C13H15F6N3O. The van der Waals surface area contributed by atoms with Gasteiger partial charge in [0, 0.05) is 18.2 Å². The van der Waals surface area contributed by atoms with Gasteiger partial charge in [-0.25, -0.2) is 0 Å². The summed E-state index contributed by atoms with van der Waals surface area (Å²) in [6.07, 6.45) is -9.67. The smallest absolute Gasteiger partial charge is 0.350 e. The summed E-state index contributed by atoms with van der Waals surface area (Å²) < 4.78 is 76.1. The van der Waals surface area contributed by atoms with Crippen LogP contribution in [0.4, 0.5) is 26.3 Å². The lowest BCUT2D eigenvalue weighted by Crippen LogP contribution is -2.38. The Morgan fingerprint density at radius 1 is 1.04 bits per heavy atom. The number of rotatable bonds is 5. The number of nitrogens with two attached hydrogens (primary N) is 2. The molecule has 0 aliphatic carbocycles. The van der Waals surface area contributed by atoms with Gasteiger partial charge in [0.1, 0.15) is 0 Å². The van der Waals surface area contributed by atoms with E-state index in [0.717, 1.165) is 0 Å². The summed E-state index contributed by atoms with van der Waals surface area (Å²) in [4.78, 5) is 11.8. The monoisotopic (exact) mass is 343 g/mol. The number of nitrogens with one attached hydrogen (secondary N) is 1. The van der Waals surface area contributed by atoms with Gasteiger partial charge in [-0.2, -0.15) is 26.3 Å². The van der Waals surface area contributed by atoms with E-state index in [0.29, 0.717) is 18.6 Å². The molecule has 0 aliphatic rings. The Kier molecular flexibility index (Phi) is 6.00. The predicted molar refractivity (Wildman–Crippen MR) is 70.4 cm³/mol. The van der Waals surface area contributed by atoms with Crippen molar-refractivity contribution in [2.24, 2.45) is 11.5 Å². The van der Waals surface area contributed by atoms with E-state index in [1.807, 2.05) is 0 Å². The molecule has 0 radical (unpaired) electrons. The fourth-order valence-electron chi connectivity index (χ4n) is 1.73. The van der Waals surface area contributed by atoms with Crippen LogP contribution in [0.25, 0.3) is 0 Å². The fourth-order valence-corrected chi connectivity index (χ4v) is 1.73. The molecule has 1 rings (SSSR count). The molecule has 130 valence electrons. The van der Waals surface area contributed by atoms with Gasteiger partial charge in [-0.05, 0) is 31.2 Å². The van der Waals surface area contributed by atoms with E-state index in [1.165, 1.54) is 0 Å². The predicted octanol–water partition coefficient (Wildman–Crippen LogP) is 2.13. The second-order valence-corrected chi connectivity index (χ2v) is 4.84. The summed E-state index contributed by atoms with van der Waals surface area (Å²) in [6, 6.07) is 0.131.